The maximum Gasteiger partial charge on any atom is 0.244 e. The quantitative estimate of drug-likeness (QED) is 0.425. The highest BCUT2D eigenvalue weighted by atomic mass is 16.5. The van der Waals surface area contributed by atoms with Gasteiger partial charge in [0.25, 0.3) is 0 Å². The topological polar surface area (TPSA) is 102 Å². The molecule has 0 aromatic heterocycles. The van der Waals surface area contributed by atoms with Gasteiger partial charge in [0.05, 0.1) is 0 Å². The summed E-state index contributed by atoms with van der Waals surface area (Å²) in [6, 6.07) is 0. The third kappa shape index (κ3) is 6.38. The monoisotopic (exact) mass is 451 g/mol. The summed E-state index contributed by atoms with van der Waals surface area (Å²) in [5, 5.41) is 17.6. The van der Waals surface area contributed by atoms with Crippen molar-refractivity contribution in [2.24, 2.45) is 11.8 Å². The molecular formula is C24H43N4O4+. The van der Waals surface area contributed by atoms with Crippen molar-refractivity contribution in [3.05, 3.63) is 17.1 Å². The minimum Gasteiger partial charge on any atom is -0.352 e. The minimum absolute atomic E-state index is 0.209. The summed E-state index contributed by atoms with van der Waals surface area (Å²) < 4.78 is 1.18. The van der Waals surface area contributed by atoms with Crippen LogP contribution in [-0.4, -0.2) is 62.1 Å². The molecule has 2 fully saturated rings. The fraction of sp³-hybridized carbons (Fsp3) is 0.833. The number of hydrogen-bond donors (Lipinski definition) is 3. The lowest BCUT2D eigenvalue weighted by Gasteiger charge is -2.51. The summed E-state index contributed by atoms with van der Waals surface area (Å²) in [5.74, 6) is -0.158. The molecule has 3 N–H and O–H groups in total. The third-order valence-electron chi connectivity index (χ3n) is 6.92. The molecule has 0 saturated carbocycles. The van der Waals surface area contributed by atoms with Crippen LogP contribution in [-0.2, 0) is 9.59 Å². The highest BCUT2D eigenvalue weighted by molar-refractivity contribution is 5.96. The van der Waals surface area contributed by atoms with Crippen molar-refractivity contribution in [1.29, 1.82) is 0 Å². The van der Waals surface area contributed by atoms with Gasteiger partial charge in [-0.15, -0.1) is 0 Å². The number of amides is 2. The first-order valence-electron chi connectivity index (χ1n) is 11.7. The Hall–Kier alpha value is -1.80. The molecule has 0 aromatic rings. The molecule has 8 heteroatoms. The Kier molecular flexibility index (Phi) is 7.62. The Labute approximate surface area is 192 Å². The maximum atomic E-state index is 12.5. The summed E-state index contributed by atoms with van der Waals surface area (Å²) in [6.45, 7) is 16.7. The van der Waals surface area contributed by atoms with Crippen LogP contribution in [0.2, 0.25) is 0 Å². The summed E-state index contributed by atoms with van der Waals surface area (Å²) in [7, 11) is 0. The van der Waals surface area contributed by atoms with Crippen molar-refractivity contribution in [3.63, 3.8) is 0 Å². The molecule has 32 heavy (non-hydrogen) atoms. The standard InChI is InChI=1S/C24H42N4O4/c1-21(2)11-17(12-22(3,4)27(21)31)15-25-19(29)9-10-20(30)26-16-18-13-23(5,6)28(32)24(7,8)14-18/h9-10,17-18,31H,11-16H2,1-8H3,(H-,25,26,29,30)/p+1/b10-9+. The summed E-state index contributed by atoms with van der Waals surface area (Å²) in [4.78, 5) is 36.9. The first kappa shape index (κ1) is 26.5. The Morgan fingerprint density at radius 2 is 1.16 bits per heavy atom. The van der Waals surface area contributed by atoms with Gasteiger partial charge in [0.1, 0.15) is 0 Å². The van der Waals surface area contributed by atoms with Crippen LogP contribution in [0.4, 0.5) is 0 Å². The highest BCUT2D eigenvalue weighted by Gasteiger charge is 2.53. The predicted octanol–water partition coefficient (Wildman–Crippen LogP) is 3.18. The second kappa shape index (κ2) is 9.21. The van der Waals surface area contributed by atoms with Crippen LogP contribution in [0.5, 0.6) is 0 Å². The SMILES string of the molecule is CC1(C)CC(CNC(=O)/C=C/C(=O)NCC2CC(C)(C)[N+](=O)C(C)(C)C2)CC(C)(C)N1O. The van der Waals surface area contributed by atoms with E-state index in [1.165, 1.54) is 22.0 Å². The van der Waals surface area contributed by atoms with Crippen molar-refractivity contribution < 1.29 is 19.6 Å². The van der Waals surface area contributed by atoms with Gasteiger partial charge in [0, 0.05) is 86.5 Å². The molecule has 0 spiro atoms. The number of nitroso groups, excluding NO2 is 1. The number of nitrogens with one attached hydrogen (secondary N) is 2. The van der Waals surface area contributed by atoms with Gasteiger partial charge in [-0.05, 0) is 52.4 Å². The van der Waals surface area contributed by atoms with Crippen molar-refractivity contribution in [3.8, 4) is 0 Å². The van der Waals surface area contributed by atoms with E-state index in [-0.39, 0.29) is 34.7 Å². The van der Waals surface area contributed by atoms with Crippen LogP contribution in [0.1, 0.15) is 81.1 Å². The average molecular weight is 452 g/mol. The van der Waals surface area contributed by atoms with E-state index < -0.39 is 11.1 Å². The first-order valence-corrected chi connectivity index (χ1v) is 11.7. The Morgan fingerprint density at radius 1 is 0.812 bits per heavy atom. The Balaban J connectivity index is 1.79. The molecule has 2 saturated heterocycles. The molecule has 182 valence electrons. The van der Waals surface area contributed by atoms with Crippen LogP contribution in [0.25, 0.3) is 0 Å². The van der Waals surface area contributed by atoms with Crippen LogP contribution in [0.3, 0.4) is 0 Å². The Bertz CT molecular complexity index is 732. The average Bonchev–Trinajstić information content (AvgIpc) is 2.64. The van der Waals surface area contributed by atoms with E-state index in [0.717, 1.165) is 12.8 Å². The normalized spacial score (nSPS) is 25.6. The van der Waals surface area contributed by atoms with E-state index in [2.05, 4.69) is 10.6 Å². The fourth-order valence-corrected chi connectivity index (χ4v) is 6.00. The first-order chi connectivity index (χ1) is 14.5. The molecule has 2 aliphatic rings. The number of carbonyl (C=O) groups excluding carboxylic acids is 2. The van der Waals surface area contributed by atoms with Gasteiger partial charge in [0.2, 0.25) is 22.9 Å². The minimum atomic E-state index is -0.470. The molecule has 0 radical (unpaired) electrons. The largest absolute Gasteiger partial charge is 0.352 e. The second-order valence-electron chi connectivity index (χ2n) is 12.2. The van der Waals surface area contributed by atoms with E-state index in [0.29, 0.717) is 25.9 Å². The van der Waals surface area contributed by atoms with Crippen LogP contribution in [0, 0.1) is 16.7 Å². The molecule has 2 heterocycles. The van der Waals surface area contributed by atoms with Crippen molar-refractivity contribution in [1.82, 2.24) is 15.7 Å². The van der Waals surface area contributed by atoms with Gasteiger partial charge < -0.3 is 15.8 Å². The lowest BCUT2D eigenvalue weighted by molar-refractivity contribution is -0.695. The lowest BCUT2D eigenvalue weighted by Crippen LogP contribution is -2.60. The maximum absolute atomic E-state index is 12.5. The van der Waals surface area contributed by atoms with Gasteiger partial charge in [-0.2, -0.15) is 5.06 Å². The number of hydrogen-bond acceptors (Lipinski definition) is 5. The second-order valence-corrected chi connectivity index (χ2v) is 12.2. The molecule has 2 aliphatic heterocycles. The van der Waals surface area contributed by atoms with E-state index in [1.807, 2.05) is 55.4 Å². The van der Waals surface area contributed by atoms with Crippen molar-refractivity contribution >= 4 is 11.8 Å². The van der Waals surface area contributed by atoms with Crippen molar-refractivity contribution in [2.45, 2.75) is 103 Å². The summed E-state index contributed by atoms with van der Waals surface area (Å²) in [6.07, 6.45) is 5.49. The Morgan fingerprint density at radius 3 is 1.53 bits per heavy atom. The van der Waals surface area contributed by atoms with Gasteiger partial charge in [-0.3, -0.25) is 9.59 Å². The summed E-state index contributed by atoms with van der Waals surface area (Å²) >= 11 is 0. The molecule has 2 rings (SSSR count). The van der Waals surface area contributed by atoms with Gasteiger partial charge in [0.15, 0.2) is 0 Å². The van der Waals surface area contributed by atoms with Crippen LogP contribution in [0.15, 0.2) is 12.2 Å². The zero-order chi connectivity index (χ0) is 24.5. The van der Waals surface area contributed by atoms with Gasteiger partial charge in [-0.1, -0.05) is 0 Å². The molecule has 0 atom stereocenters. The highest BCUT2D eigenvalue weighted by Crippen LogP contribution is 2.39. The fourth-order valence-electron chi connectivity index (χ4n) is 6.00. The molecule has 0 bridgehead atoms. The van der Waals surface area contributed by atoms with E-state index in [1.54, 1.807) is 0 Å². The molecule has 0 aliphatic carbocycles. The van der Waals surface area contributed by atoms with Gasteiger partial charge in [-0.25, -0.2) is 0 Å². The lowest BCUT2D eigenvalue weighted by atomic mass is 9.75. The number of hydroxylamine groups is 2. The number of rotatable bonds is 6. The van der Waals surface area contributed by atoms with Gasteiger partial charge >= 0.3 is 0 Å². The molecule has 2 amide bonds. The zero-order valence-electron chi connectivity index (χ0n) is 21.1. The number of piperidine rings is 2. The molecule has 0 unspecified atom stereocenters. The molecule has 8 nitrogen and oxygen atoms in total. The molecule has 0 aromatic carbocycles. The van der Waals surface area contributed by atoms with E-state index in [4.69, 9.17) is 0 Å². The van der Waals surface area contributed by atoms with E-state index in [9.17, 15) is 19.7 Å². The number of carbonyl (C=O) groups is 2. The smallest absolute Gasteiger partial charge is 0.244 e. The van der Waals surface area contributed by atoms with Crippen molar-refractivity contribution in [2.75, 3.05) is 13.1 Å². The predicted molar refractivity (Wildman–Crippen MR) is 124 cm³/mol. The zero-order valence-corrected chi connectivity index (χ0v) is 21.1. The summed E-state index contributed by atoms with van der Waals surface area (Å²) in [5.41, 5.74) is -1.67. The van der Waals surface area contributed by atoms with E-state index >= 15 is 0 Å². The van der Waals surface area contributed by atoms with Crippen LogP contribution < -0.4 is 10.6 Å². The molecular weight excluding hydrogens is 408 g/mol. The third-order valence-corrected chi connectivity index (χ3v) is 6.92. The number of nitrogens with zero attached hydrogens (tertiary/aromatic N) is 2. The van der Waals surface area contributed by atoms with Crippen LogP contribution >= 0.6 is 0 Å².